The summed E-state index contributed by atoms with van der Waals surface area (Å²) >= 11 is 10.9. The molecule has 0 saturated heterocycles. The van der Waals surface area contributed by atoms with E-state index >= 15 is 0 Å². The second-order valence-corrected chi connectivity index (χ2v) is 2.85. The van der Waals surface area contributed by atoms with Crippen LogP contribution in [0.25, 0.3) is 0 Å². The molecule has 0 bridgehead atoms. The molecular formula is C8H12Cl2. The molecule has 0 heterocycles. The van der Waals surface area contributed by atoms with Gasteiger partial charge >= 0.3 is 0 Å². The Bertz CT molecular complexity index is 127. The maximum atomic E-state index is 5.46. The van der Waals surface area contributed by atoms with Gasteiger partial charge in [0, 0.05) is 11.1 Å². The number of allylic oxidation sites excluding steroid dienone is 2. The molecule has 0 aromatic heterocycles. The van der Waals surface area contributed by atoms with Crippen LogP contribution in [0.3, 0.4) is 0 Å². The van der Waals surface area contributed by atoms with Crippen LogP contribution in [0.15, 0.2) is 22.2 Å². The highest BCUT2D eigenvalue weighted by Gasteiger charge is 1.90. The highest BCUT2D eigenvalue weighted by molar-refractivity contribution is 6.26. The summed E-state index contributed by atoms with van der Waals surface area (Å²) in [6.07, 6.45) is 2.00. The Morgan fingerprint density at radius 3 is 1.50 bits per heavy atom. The van der Waals surface area contributed by atoms with Gasteiger partial charge in [-0.2, -0.15) is 0 Å². The van der Waals surface area contributed by atoms with E-state index in [2.05, 4.69) is 0 Å². The van der Waals surface area contributed by atoms with E-state index in [1.165, 1.54) is 11.1 Å². The van der Waals surface area contributed by atoms with Gasteiger partial charge in [0.1, 0.15) is 0 Å². The maximum absolute atomic E-state index is 5.46. The quantitative estimate of drug-likeness (QED) is 0.612. The first-order chi connectivity index (χ1) is 4.70. The number of hydrogen-bond acceptors (Lipinski definition) is 0. The van der Waals surface area contributed by atoms with E-state index in [-0.39, 0.29) is 0 Å². The third-order valence-corrected chi connectivity index (χ3v) is 2.03. The van der Waals surface area contributed by atoms with Crippen LogP contribution in [0.1, 0.15) is 26.7 Å². The maximum Gasteiger partial charge on any atom is 0.00318 e. The van der Waals surface area contributed by atoms with E-state index in [1.54, 1.807) is 11.1 Å². The standard InChI is InChI=1S/C8H12Cl2/c1-7(5-9)3-4-8(2)6-10/h5-6H,3-4H2,1-2H3/b7-5+,8-6+. The number of rotatable bonds is 3. The van der Waals surface area contributed by atoms with Crippen molar-refractivity contribution >= 4 is 23.2 Å². The zero-order valence-corrected chi connectivity index (χ0v) is 7.84. The fourth-order valence-electron chi connectivity index (χ4n) is 0.503. The third-order valence-electron chi connectivity index (χ3n) is 1.29. The third kappa shape index (κ3) is 4.89. The van der Waals surface area contributed by atoms with Crippen molar-refractivity contribution in [1.29, 1.82) is 0 Å². The summed E-state index contributed by atoms with van der Waals surface area (Å²) in [4.78, 5) is 0. The lowest BCUT2D eigenvalue weighted by atomic mass is 10.1. The fraction of sp³-hybridized carbons (Fsp3) is 0.500. The van der Waals surface area contributed by atoms with Crippen molar-refractivity contribution in [3.8, 4) is 0 Å². The van der Waals surface area contributed by atoms with E-state index < -0.39 is 0 Å². The lowest BCUT2D eigenvalue weighted by Crippen LogP contribution is -1.78. The second-order valence-electron chi connectivity index (χ2n) is 2.41. The van der Waals surface area contributed by atoms with E-state index in [1.807, 2.05) is 13.8 Å². The monoisotopic (exact) mass is 178 g/mol. The minimum atomic E-state index is 0.999. The van der Waals surface area contributed by atoms with Crippen molar-refractivity contribution in [3.63, 3.8) is 0 Å². The Morgan fingerprint density at radius 1 is 1.00 bits per heavy atom. The molecule has 0 unspecified atom stereocenters. The van der Waals surface area contributed by atoms with Crippen LogP contribution in [0, 0.1) is 0 Å². The molecule has 0 aromatic rings. The molecule has 10 heavy (non-hydrogen) atoms. The molecule has 0 spiro atoms. The molecule has 0 N–H and O–H groups in total. The molecule has 0 aliphatic carbocycles. The van der Waals surface area contributed by atoms with Crippen LogP contribution >= 0.6 is 23.2 Å². The van der Waals surface area contributed by atoms with Crippen LogP contribution in [-0.4, -0.2) is 0 Å². The van der Waals surface area contributed by atoms with Crippen LogP contribution in [0.2, 0.25) is 0 Å². The summed E-state index contributed by atoms with van der Waals surface area (Å²) < 4.78 is 0. The van der Waals surface area contributed by atoms with Crippen LogP contribution in [0.4, 0.5) is 0 Å². The topological polar surface area (TPSA) is 0 Å². The molecule has 0 amide bonds. The van der Waals surface area contributed by atoms with Gasteiger partial charge in [-0.1, -0.05) is 34.3 Å². The van der Waals surface area contributed by atoms with Gasteiger partial charge in [0.05, 0.1) is 0 Å². The molecule has 0 atom stereocenters. The van der Waals surface area contributed by atoms with Gasteiger partial charge in [0.15, 0.2) is 0 Å². The predicted octanol–water partition coefficient (Wildman–Crippen LogP) is 4.05. The second kappa shape index (κ2) is 5.82. The van der Waals surface area contributed by atoms with E-state index in [4.69, 9.17) is 23.2 Å². The molecule has 58 valence electrons. The predicted molar refractivity (Wildman–Crippen MR) is 48.5 cm³/mol. The van der Waals surface area contributed by atoms with Crippen molar-refractivity contribution in [1.82, 2.24) is 0 Å². The summed E-state index contributed by atoms with van der Waals surface area (Å²) in [5, 5.41) is 0. The molecule has 0 rings (SSSR count). The van der Waals surface area contributed by atoms with E-state index in [0.29, 0.717) is 0 Å². The lowest BCUT2D eigenvalue weighted by molar-refractivity contribution is 0.929. The Kier molecular flexibility index (Phi) is 5.85. The average molecular weight is 179 g/mol. The molecule has 0 radical (unpaired) electrons. The van der Waals surface area contributed by atoms with Crippen molar-refractivity contribution in [2.24, 2.45) is 0 Å². The van der Waals surface area contributed by atoms with Crippen molar-refractivity contribution in [2.75, 3.05) is 0 Å². The van der Waals surface area contributed by atoms with E-state index in [9.17, 15) is 0 Å². The minimum Gasteiger partial charge on any atom is -0.0930 e. The van der Waals surface area contributed by atoms with Crippen LogP contribution < -0.4 is 0 Å². The fourth-order valence-corrected chi connectivity index (χ4v) is 0.722. The Labute approximate surface area is 72.5 Å². The van der Waals surface area contributed by atoms with Gasteiger partial charge in [-0.25, -0.2) is 0 Å². The Hall–Kier alpha value is 0.0600. The van der Waals surface area contributed by atoms with Crippen molar-refractivity contribution in [3.05, 3.63) is 22.2 Å². The van der Waals surface area contributed by atoms with Gasteiger partial charge in [0.25, 0.3) is 0 Å². The number of hydrogen-bond donors (Lipinski definition) is 0. The van der Waals surface area contributed by atoms with Gasteiger partial charge in [-0.3, -0.25) is 0 Å². The molecule has 0 nitrogen and oxygen atoms in total. The molecule has 2 heteroatoms. The summed E-state index contributed by atoms with van der Waals surface area (Å²) in [6.45, 7) is 4.02. The van der Waals surface area contributed by atoms with Gasteiger partial charge in [-0.05, 0) is 26.7 Å². The summed E-state index contributed by atoms with van der Waals surface area (Å²) in [7, 11) is 0. The SMILES string of the molecule is C/C(=C\Cl)CC/C(C)=C/Cl. The number of halogens is 2. The highest BCUT2D eigenvalue weighted by atomic mass is 35.5. The van der Waals surface area contributed by atoms with Crippen LogP contribution in [0.5, 0.6) is 0 Å². The average Bonchev–Trinajstić information content (AvgIpc) is 1.99. The summed E-state index contributed by atoms with van der Waals surface area (Å²) in [5.41, 5.74) is 5.61. The lowest BCUT2D eigenvalue weighted by Gasteiger charge is -1.98. The largest absolute Gasteiger partial charge is 0.0930 e. The highest BCUT2D eigenvalue weighted by Crippen LogP contribution is 2.11. The summed E-state index contributed by atoms with van der Waals surface area (Å²) in [5.74, 6) is 0. The first-order valence-electron chi connectivity index (χ1n) is 3.22. The molecule has 0 aliphatic rings. The van der Waals surface area contributed by atoms with Gasteiger partial charge in [-0.15, -0.1) is 0 Å². The van der Waals surface area contributed by atoms with Gasteiger partial charge < -0.3 is 0 Å². The molecule has 0 aromatic carbocycles. The van der Waals surface area contributed by atoms with Gasteiger partial charge in [0.2, 0.25) is 0 Å². The van der Waals surface area contributed by atoms with Crippen LogP contribution in [-0.2, 0) is 0 Å². The zero-order chi connectivity index (χ0) is 7.98. The molecular weight excluding hydrogens is 167 g/mol. The minimum absolute atomic E-state index is 0.999. The summed E-state index contributed by atoms with van der Waals surface area (Å²) in [6, 6.07) is 0. The first-order valence-corrected chi connectivity index (χ1v) is 4.09. The van der Waals surface area contributed by atoms with Crippen molar-refractivity contribution in [2.45, 2.75) is 26.7 Å². The Balaban J connectivity index is 3.56. The molecule has 0 fully saturated rings. The van der Waals surface area contributed by atoms with E-state index in [0.717, 1.165) is 12.8 Å². The molecule has 0 saturated carbocycles. The smallest absolute Gasteiger partial charge is 0.00318 e. The molecule has 0 aliphatic heterocycles. The normalized spacial score (nSPS) is 14.0. The first kappa shape index (κ1) is 10.1. The Morgan fingerprint density at radius 2 is 1.30 bits per heavy atom. The van der Waals surface area contributed by atoms with Crippen molar-refractivity contribution < 1.29 is 0 Å². The zero-order valence-electron chi connectivity index (χ0n) is 6.32.